The fourth-order valence-corrected chi connectivity index (χ4v) is 12.4. The highest BCUT2D eigenvalue weighted by atomic mass is 32.2. The number of amides is 10. The molecule has 0 saturated carbocycles. The van der Waals surface area contributed by atoms with E-state index < -0.39 is 132 Å². The largest absolute Gasteiger partial charge is 0.391 e. The number of nitrogens with zero attached hydrogens (tertiary/aromatic N) is 5. The summed E-state index contributed by atoms with van der Waals surface area (Å²) in [5.41, 5.74) is 2.83. The van der Waals surface area contributed by atoms with Gasteiger partial charge in [-0.05, 0) is 86.0 Å². The van der Waals surface area contributed by atoms with Crippen LogP contribution >= 0.6 is 11.8 Å². The minimum absolute atomic E-state index is 0.00177. The predicted molar refractivity (Wildman–Crippen MR) is 371 cm³/mol. The Hall–Kier alpha value is -8.44. The van der Waals surface area contributed by atoms with Gasteiger partial charge in [0.1, 0.15) is 48.3 Å². The fraction of sp³-hybridized carbons (Fsp3) is 0.521. The minimum atomic E-state index is -1.58. The van der Waals surface area contributed by atoms with Gasteiger partial charge in [-0.25, -0.2) is 0 Å². The lowest BCUT2D eigenvalue weighted by Crippen LogP contribution is -2.61. The Balaban J connectivity index is 1.41. The van der Waals surface area contributed by atoms with Gasteiger partial charge in [-0.15, -0.1) is 0 Å². The van der Waals surface area contributed by atoms with Crippen molar-refractivity contribution in [2.75, 3.05) is 47.8 Å². The van der Waals surface area contributed by atoms with E-state index in [1.165, 1.54) is 49.8 Å². The summed E-state index contributed by atoms with van der Waals surface area (Å²) in [5.74, 6) is -6.78. The van der Waals surface area contributed by atoms with Crippen molar-refractivity contribution < 1.29 is 57.8 Å². The number of likely N-dealkylation sites (N-methyl/N-ethyl adjacent to an activating group) is 4. The monoisotopic (exact) mass is 1340 g/mol. The molecule has 22 nitrogen and oxygen atoms in total. The first-order valence-electron chi connectivity index (χ1n) is 33.4. The molecular formula is C73H102N10O12S. The second kappa shape index (κ2) is 38.9. The molecule has 0 unspecified atom stereocenters. The Morgan fingerprint density at radius 1 is 0.500 bits per heavy atom. The molecule has 0 spiro atoms. The van der Waals surface area contributed by atoms with Gasteiger partial charge in [0.05, 0.1) is 12.6 Å². The van der Waals surface area contributed by atoms with Crippen LogP contribution in [-0.4, -0.2) is 196 Å². The molecular weight excluding hydrogens is 1240 g/mol. The zero-order chi connectivity index (χ0) is 70.8. The van der Waals surface area contributed by atoms with Crippen molar-refractivity contribution >= 4 is 75.9 Å². The van der Waals surface area contributed by atoms with E-state index in [9.17, 15) is 38.7 Å². The highest BCUT2D eigenvalue weighted by Crippen LogP contribution is 2.22. The third-order valence-electron chi connectivity index (χ3n) is 17.3. The lowest BCUT2D eigenvalue weighted by Gasteiger charge is -2.37. The molecule has 1 saturated heterocycles. The number of likely N-dealkylation sites (tertiary alicyclic amines) is 1. The van der Waals surface area contributed by atoms with Crippen LogP contribution in [0.5, 0.6) is 0 Å². The van der Waals surface area contributed by atoms with Crippen LogP contribution in [0.25, 0.3) is 0 Å². The van der Waals surface area contributed by atoms with Crippen LogP contribution in [0.2, 0.25) is 0 Å². The van der Waals surface area contributed by atoms with Crippen LogP contribution in [0.1, 0.15) is 123 Å². The molecule has 9 atom stereocenters. The van der Waals surface area contributed by atoms with Gasteiger partial charge in [0.2, 0.25) is 59.1 Å². The van der Waals surface area contributed by atoms with Crippen LogP contribution < -0.4 is 26.6 Å². The molecule has 0 aliphatic carbocycles. The Labute approximate surface area is 571 Å². The number of carbonyl (C=O) groups is 11. The smallest absolute Gasteiger partial charge is 0.248 e. The SMILES string of the molecule is CC(C)CCC(=O)N[C@H](C(=O)N(C)[C@@H](Cc1ccccc1)C(=O)NCC(=O)N(C)[C@@H](CC(C)C)C(=O)N(C)[C@H](C(=O)N[C@@H](Cc1ccccc1)C(=O)N[C@@H](CC(=O)SCc1ccccc1)C(=O)N(C)[C@@H](Cc1ccccc1)C(=O)N[C@@H](C)C(=O)N1CCCCC1)C(C)C)[C@@H](C)O. The maximum Gasteiger partial charge on any atom is 0.248 e. The first-order chi connectivity index (χ1) is 45.6. The van der Waals surface area contributed by atoms with Crippen LogP contribution in [0.4, 0.5) is 0 Å². The number of thioether (sulfide) groups is 1. The van der Waals surface area contributed by atoms with Gasteiger partial charge in [0, 0.05) is 79.1 Å². The van der Waals surface area contributed by atoms with E-state index in [4.69, 9.17) is 0 Å². The van der Waals surface area contributed by atoms with Crippen molar-refractivity contribution in [3.63, 3.8) is 0 Å². The molecule has 5 rings (SSSR count). The normalized spacial score (nSPS) is 15.1. The van der Waals surface area contributed by atoms with E-state index in [0.717, 1.165) is 41.5 Å². The van der Waals surface area contributed by atoms with Crippen molar-refractivity contribution in [1.82, 2.24) is 51.1 Å². The number of piperidine rings is 1. The van der Waals surface area contributed by atoms with Crippen LogP contribution in [0, 0.1) is 17.8 Å². The summed E-state index contributed by atoms with van der Waals surface area (Å²) in [4.78, 5) is 165. The molecule has 1 heterocycles. The second-order valence-electron chi connectivity index (χ2n) is 26.3. The summed E-state index contributed by atoms with van der Waals surface area (Å²) in [6.45, 7) is 14.5. The van der Waals surface area contributed by atoms with Crippen molar-refractivity contribution in [2.24, 2.45) is 17.8 Å². The average Bonchev–Trinajstić information content (AvgIpc) is 0.855. The van der Waals surface area contributed by atoms with Gasteiger partial charge < -0.3 is 56.2 Å². The molecule has 0 radical (unpaired) electrons. The van der Waals surface area contributed by atoms with Gasteiger partial charge in [-0.2, -0.15) is 0 Å². The maximum atomic E-state index is 15.2. The second-order valence-corrected chi connectivity index (χ2v) is 27.3. The third-order valence-corrected chi connectivity index (χ3v) is 18.2. The van der Waals surface area contributed by atoms with Gasteiger partial charge in [0.25, 0.3) is 0 Å². The van der Waals surface area contributed by atoms with Crippen LogP contribution in [-0.2, 0) is 77.8 Å². The zero-order valence-corrected chi connectivity index (χ0v) is 58.8. The molecule has 1 aliphatic heterocycles. The number of hydrogen-bond donors (Lipinski definition) is 6. The first-order valence-corrected chi connectivity index (χ1v) is 34.4. The molecule has 10 amide bonds. The van der Waals surface area contributed by atoms with E-state index in [1.54, 1.807) is 111 Å². The van der Waals surface area contributed by atoms with E-state index in [2.05, 4.69) is 26.6 Å². The van der Waals surface area contributed by atoms with Gasteiger partial charge in [0.15, 0.2) is 5.12 Å². The first kappa shape index (κ1) is 78.3. The molecule has 1 aliphatic rings. The lowest BCUT2D eigenvalue weighted by atomic mass is 9.96. The number of aliphatic hydroxyl groups is 1. The molecule has 23 heteroatoms. The van der Waals surface area contributed by atoms with Gasteiger partial charge in [-0.3, -0.25) is 52.7 Å². The van der Waals surface area contributed by atoms with Crippen molar-refractivity contribution in [3.8, 4) is 0 Å². The van der Waals surface area contributed by atoms with E-state index >= 15 is 19.2 Å². The molecule has 4 aromatic carbocycles. The third kappa shape index (κ3) is 24.3. The van der Waals surface area contributed by atoms with E-state index in [-0.39, 0.29) is 55.6 Å². The Morgan fingerprint density at radius 2 is 0.990 bits per heavy atom. The zero-order valence-electron chi connectivity index (χ0n) is 58.0. The summed E-state index contributed by atoms with van der Waals surface area (Å²) in [7, 11) is 5.63. The minimum Gasteiger partial charge on any atom is -0.391 e. The van der Waals surface area contributed by atoms with Crippen LogP contribution in [0.15, 0.2) is 121 Å². The van der Waals surface area contributed by atoms with Gasteiger partial charge in [-0.1, -0.05) is 175 Å². The number of rotatable bonds is 35. The van der Waals surface area contributed by atoms with Crippen molar-refractivity contribution in [3.05, 3.63) is 144 Å². The number of benzene rings is 4. The van der Waals surface area contributed by atoms with Crippen molar-refractivity contribution in [2.45, 2.75) is 180 Å². The number of hydrogen-bond acceptors (Lipinski definition) is 13. The predicted octanol–water partition coefficient (Wildman–Crippen LogP) is 5.48. The molecule has 0 aromatic heterocycles. The molecule has 4 aromatic rings. The molecule has 0 bridgehead atoms. The average molecular weight is 1340 g/mol. The summed E-state index contributed by atoms with van der Waals surface area (Å²) >= 11 is 0.949. The van der Waals surface area contributed by atoms with Crippen LogP contribution in [0.3, 0.4) is 0 Å². The maximum absolute atomic E-state index is 15.2. The topological polar surface area (TPSA) is 284 Å². The molecule has 96 heavy (non-hydrogen) atoms. The molecule has 1 fully saturated rings. The van der Waals surface area contributed by atoms with E-state index in [0.29, 0.717) is 36.2 Å². The highest BCUT2D eigenvalue weighted by molar-refractivity contribution is 8.12. The highest BCUT2D eigenvalue weighted by Gasteiger charge is 2.41. The Morgan fingerprint density at radius 3 is 1.49 bits per heavy atom. The quantitative estimate of drug-likeness (QED) is 0.0333. The number of carbonyl (C=O) groups excluding carboxylic acids is 11. The number of aliphatic hydroxyl groups excluding tert-OH is 1. The van der Waals surface area contributed by atoms with E-state index in [1.807, 2.05) is 64.1 Å². The molecule has 522 valence electrons. The molecule has 6 N–H and O–H groups in total. The van der Waals surface area contributed by atoms with Gasteiger partial charge >= 0.3 is 0 Å². The number of nitrogens with one attached hydrogen (secondary N) is 5. The summed E-state index contributed by atoms with van der Waals surface area (Å²) in [5, 5.41) is 24.1. The summed E-state index contributed by atoms with van der Waals surface area (Å²) in [6.07, 6.45) is 1.54. The van der Waals surface area contributed by atoms with Crippen molar-refractivity contribution in [1.29, 1.82) is 0 Å². The Bertz CT molecular complexity index is 3210. The lowest BCUT2D eigenvalue weighted by molar-refractivity contribution is -0.149. The summed E-state index contributed by atoms with van der Waals surface area (Å²) < 4.78 is 0. The summed E-state index contributed by atoms with van der Waals surface area (Å²) in [6, 6.07) is 25.7. The fourth-order valence-electron chi connectivity index (χ4n) is 11.6. The standard InChI is InChI=1S/C73H102N10O12S/c1-47(2)36-37-61(85)78-64(51(8)84)73(95)81(11)58(42-53-30-20-14-21-31-53)67(89)74-45-62(86)79(9)60(40-48(3)4)72(94)82(12)65(49(5)6)69(91)76-56(41-52-28-18-13-19-29-52)66(88)77-57(44-63(87)96-46-55-34-24-16-25-35-55)71(93)80(10)59(43-54-32-22-15-23-33-54)68(90)75-50(7)70(92)83-38-26-17-27-39-83/h13-16,18-25,28-35,47-51,56-60,64-65,84H,17,26-27,36-46H2,1-12H3,(H,74,89)(H,75,90)(H,76,91)(H,77,88)(H,78,85)/t50-,51+,56-,57-,58-,59-,60-,64-,65-/m0/s1. The Kier molecular flexibility index (Phi) is 31.7.